The molecule has 0 radical (unpaired) electrons. The van der Waals surface area contributed by atoms with E-state index in [2.05, 4.69) is 32.6 Å². The average Bonchev–Trinajstić information content (AvgIpc) is 2.26. The molecular formula is C15H24ClNO. The van der Waals surface area contributed by atoms with Crippen LogP contribution in [0.15, 0.2) is 18.2 Å². The van der Waals surface area contributed by atoms with Gasteiger partial charge in [-0.25, -0.2) is 0 Å². The zero-order valence-electron chi connectivity index (χ0n) is 11.8. The van der Waals surface area contributed by atoms with Crippen molar-refractivity contribution in [2.75, 3.05) is 18.0 Å². The van der Waals surface area contributed by atoms with E-state index in [1.165, 1.54) is 0 Å². The molecule has 0 aromatic heterocycles. The van der Waals surface area contributed by atoms with Crippen LogP contribution in [0, 0.1) is 11.8 Å². The average molecular weight is 270 g/mol. The SMILES string of the molecule is CC(C)CN(CC(C)C)c1cc(Cl)ccc1CO. The number of rotatable bonds is 6. The van der Waals surface area contributed by atoms with Crippen LogP contribution in [0.5, 0.6) is 0 Å². The number of halogens is 1. The molecule has 0 fully saturated rings. The summed E-state index contributed by atoms with van der Waals surface area (Å²) in [4.78, 5) is 2.33. The molecule has 0 saturated heterocycles. The largest absolute Gasteiger partial charge is 0.392 e. The van der Waals surface area contributed by atoms with Gasteiger partial charge in [-0.2, -0.15) is 0 Å². The van der Waals surface area contributed by atoms with Gasteiger partial charge in [0, 0.05) is 29.4 Å². The minimum atomic E-state index is 0.0548. The van der Waals surface area contributed by atoms with Crippen molar-refractivity contribution in [3.8, 4) is 0 Å². The van der Waals surface area contributed by atoms with Crippen molar-refractivity contribution in [3.05, 3.63) is 28.8 Å². The third kappa shape index (κ3) is 4.51. The Balaban J connectivity index is 3.05. The number of anilines is 1. The lowest BCUT2D eigenvalue weighted by Gasteiger charge is -2.30. The zero-order chi connectivity index (χ0) is 13.7. The van der Waals surface area contributed by atoms with Gasteiger partial charge in [-0.15, -0.1) is 0 Å². The standard InChI is InChI=1S/C15H24ClNO/c1-11(2)8-17(9-12(3)4)15-7-14(16)6-5-13(15)10-18/h5-7,11-12,18H,8-10H2,1-4H3. The van der Waals surface area contributed by atoms with Gasteiger partial charge in [0.05, 0.1) is 6.61 Å². The molecule has 0 unspecified atom stereocenters. The summed E-state index contributed by atoms with van der Waals surface area (Å²) < 4.78 is 0. The fourth-order valence-electron chi connectivity index (χ4n) is 2.12. The summed E-state index contributed by atoms with van der Waals surface area (Å²) in [7, 11) is 0. The van der Waals surface area contributed by atoms with Gasteiger partial charge in [-0.1, -0.05) is 45.4 Å². The minimum Gasteiger partial charge on any atom is -0.392 e. The molecule has 1 aromatic rings. The highest BCUT2D eigenvalue weighted by molar-refractivity contribution is 6.30. The Bertz CT molecular complexity index is 367. The van der Waals surface area contributed by atoms with Gasteiger partial charge in [0.2, 0.25) is 0 Å². The van der Waals surface area contributed by atoms with Crippen LogP contribution in [-0.4, -0.2) is 18.2 Å². The van der Waals surface area contributed by atoms with Crippen LogP contribution in [0.4, 0.5) is 5.69 Å². The Labute approximate surface area is 116 Å². The molecule has 0 aliphatic rings. The van der Waals surface area contributed by atoms with Crippen LogP contribution >= 0.6 is 11.6 Å². The van der Waals surface area contributed by atoms with E-state index in [1.807, 2.05) is 18.2 Å². The molecule has 3 heteroatoms. The summed E-state index contributed by atoms with van der Waals surface area (Å²) in [6, 6.07) is 5.70. The molecule has 18 heavy (non-hydrogen) atoms. The van der Waals surface area contributed by atoms with Gasteiger partial charge in [-0.05, 0) is 24.0 Å². The quantitative estimate of drug-likeness (QED) is 0.845. The first-order chi connectivity index (χ1) is 8.43. The molecule has 0 spiro atoms. The number of hydrogen-bond acceptors (Lipinski definition) is 2. The van der Waals surface area contributed by atoms with Crippen LogP contribution in [0.2, 0.25) is 5.02 Å². The van der Waals surface area contributed by atoms with E-state index in [0.29, 0.717) is 11.8 Å². The first kappa shape index (κ1) is 15.3. The topological polar surface area (TPSA) is 23.5 Å². The second-order valence-corrected chi connectivity index (χ2v) is 6.06. The lowest BCUT2D eigenvalue weighted by atomic mass is 10.1. The van der Waals surface area contributed by atoms with Crippen LogP contribution in [0.1, 0.15) is 33.3 Å². The minimum absolute atomic E-state index is 0.0548. The van der Waals surface area contributed by atoms with Crippen LogP contribution in [0.25, 0.3) is 0 Å². The second-order valence-electron chi connectivity index (χ2n) is 5.62. The fraction of sp³-hybridized carbons (Fsp3) is 0.600. The highest BCUT2D eigenvalue weighted by atomic mass is 35.5. The monoisotopic (exact) mass is 269 g/mol. The number of aliphatic hydroxyl groups is 1. The van der Waals surface area contributed by atoms with Gasteiger partial charge in [0.15, 0.2) is 0 Å². The third-order valence-electron chi connectivity index (χ3n) is 2.73. The van der Waals surface area contributed by atoms with Gasteiger partial charge < -0.3 is 10.0 Å². The summed E-state index contributed by atoms with van der Waals surface area (Å²) in [5, 5.41) is 10.2. The molecule has 102 valence electrons. The van der Waals surface area contributed by atoms with Crippen molar-refractivity contribution < 1.29 is 5.11 Å². The van der Waals surface area contributed by atoms with E-state index in [0.717, 1.165) is 29.4 Å². The molecule has 0 atom stereocenters. The molecule has 0 amide bonds. The van der Waals surface area contributed by atoms with Crippen LogP contribution in [-0.2, 0) is 6.61 Å². The maximum Gasteiger partial charge on any atom is 0.0702 e. The lowest BCUT2D eigenvalue weighted by molar-refractivity contribution is 0.282. The van der Waals surface area contributed by atoms with Crippen molar-refractivity contribution in [3.63, 3.8) is 0 Å². The van der Waals surface area contributed by atoms with Gasteiger partial charge >= 0.3 is 0 Å². The Kier molecular flexibility index (Phi) is 5.97. The van der Waals surface area contributed by atoms with E-state index in [-0.39, 0.29) is 6.61 Å². The summed E-state index contributed by atoms with van der Waals surface area (Å²) in [5.74, 6) is 1.16. The second kappa shape index (κ2) is 7.01. The molecule has 1 N–H and O–H groups in total. The Hall–Kier alpha value is -0.730. The first-order valence-electron chi connectivity index (χ1n) is 6.58. The molecule has 1 aromatic carbocycles. The van der Waals surface area contributed by atoms with Crippen molar-refractivity contribution in [2.24, 2.45) is 11.8 Å². The summed E-state index contributed by atoms with van der Waals surface area (Å²) >= 11 is 6.08. The van der Waals surface area contributed by atoms with Crippen molar-refractivity contribution >= 4 is 17.3 Å². The first-order valence-corrected chi connectivity index (χ1v) is 6.96. The van der Waals surface area contributed by atoms with Gasteiger partial charge in [0.1, 0.15) is 0 Å². The van der Waals surface area contributed by atoms with Crippen molar-refractivity contribution in [1.82, 2.24) is 0 Å². The molecule has 0 aliphatic carbocycles. The van der Waals surface area contributed by atoms with Gasteiger partial charge in [0.25, 0.3) is 0 Å². The smallest absolute Gasteiger partial charge is 0.0702 e. The van der Waals surface area contributed by atoms with E-state index in [1.54, 1.807) is 0 Å². The summed E-state index contributed by atoms with van der Waals surface area (Å²) in [5.41, 5.74) is 2.01. The third-order valence-corrected chi connectivity index (χ3v) is 2.96. The molecule has 0 aliphatic heterocycles. The molecule has 0 heterocycles. The number of hydrogen-bond donors (Lipinski definition) is 1. The maximum absolute atomic E-state index is 9.46. The van der Waals surface area contributed by atoms with E-state index in [4.69, 9.17) is 11.6 Å². The number of benzene rings is 1. The van der Waals surface area contributed by atoms with Crippen molar-refractivity contribution in [1.29, 1.82) is 0 Å². The fourth-order valence-corrected chi connectivity index (χ4v) is 2.28. The summed E-state index contributed by atoms with van der Waals surface area (Å²) in [6.07, 6.45) is 0. The van der Waals surface area contributed by atoms with E-state index < -0.39 is 0 Å². The molecule has 0 saturated carbocycles. The predicted octanol–water partition coefficient (Wildman–Crippen LogP) is 3.95. The van der Waals surface area contributed by atoms with Gasteiger partial charge in [-0.3, -0.25) is 0 Å². The summed E-state index contributed by atoms with van der Waals surface area (Å²) in [6.45, 7) is 10.8. The maximum atomic E-state index is 9.46. The molecular weight excluding hydrogens is 246 g/mol. The molecule has 2 nitrogen and oxygen atoms in total. The van der Waals surface area contributed by atoms with E-state index >= 15 is 0 Å². The molecule has 0 bridgehead atoms. The highest BCUT2D eigenvalue weighted by Crippen LogP contribution is 2.26. The highest BCUT2D eigenvalue weighted by Gasteiger charge is 2.14. The Morgan fingerprint density at radius 1 is 1.11 bits per heavy atom. The molecule has 1 rings (SSSR count). The van der Waals surface area contributed by atoms with Crippen LogP contribution < -0.4 is 4.90 Å². The lowest BCUT2D eigenvalue weighted by Crippen LogP contribution is -2.32. The number of nitrogens with zero attached hydrogens (tertiary/aromatic N) is 1. The van der Waals surface area contributed by atoms with E-state index in [9.17, 15) is 5.11 Å². The van der Waals surface area contributed by atoms with Crippen molar-refractivity contribution in [2.45, 2.75) is 34.3 Å². The number of aliphatic hydroxyl groups excluding tert-OH is 1. The van der Waals surface area contributed by atoms with Crippen LogP contribution in [0.3, 0.4) is 0 Å². The Morgan fingerprint density at radius 2 is 1.67 bits per heavy atom. The normalized spacial score (nSPS) is 11.3. The zero-order valence-corrected chi connectivity index (χ0v) is 12.5. The Morgan fingerprint density at radius 3 is 2.11 bits per heavy atom. The predicted molar refractivity (Wildman–Crippen MR) is 79.3 cm³/mol.